The van der Waals surface area contributed by atoms with Crippen molar-refractivity contribution in [2.45, 2.75) is 32.7 Å². The van der Waals surface area contributed by atoms with Crippen molar-refractivity contribution in [3.63, 3.8) is 0 Å². The van der Waals surface area contributed by atoms with Crippen LogP contribution in [0.4, 0.5) is 11.4 Å². The van der Waals surface area contributed by atoms with Crippen molar-refractivity contribution in [1.82, 2.24) is 4.90 Å². The van der Waals surface area contributed by atoms with Crippen LogP contribution in [0.2, 0.25) is 0 Å². The number of nitrogens with one attached hydrogen (secondary N) is 2. The van der Waals surface area contributed by atoms with Crippen LogP contribution < -0.4 is 16.3 Å². The SMILES string of the molecule is Cc1cc(=O)oc2cc(NC(=S)Nc3ccc(CN4CCCCC4)cc3)ccc12. The van der Waals surface area contributed by atoms with Crippen molar-refractivity contribution in [1.29, 1.82) is 0 Å². The van der Waals surface area contributed by atoms with E-state index in [4.69, 9.17) is 16.6 Å². The molecular weight excluding hydrogens is 382 g/mol. The molecule has 2 aromatic carbocycles. The number of aryl methyl sites for hydroxylation is 1. The molecular formula is C23H25N3O2S. The highest BCUT2D eigenvalue weighted by molar-refractivity contribution is 7.80. The second kappa shape index (κ2) is 8.76. The minimum atomic E-state index is -0.350. The first-order chi connectivity index (χ1) is 14.1. The van der Waals surface area contributed by atoms with Gasteiger partial charge < -0.3 is 15.1 Å². The fraction of sp³-hybridized carbons (Fsp3) is 0.304. The minimum absolute atomic E-state index is 0.350. The van der Waals surface area contributed by atoms with Crippen molar-refractivity contribution in [3.05, 3.63) is 70.1 Å². The third-order valence-corrected chi connectivity index (χ3v) is 5.48. The molecule has 1 saturated heterocycles. The van der Waals surface area contributed by atoms with Gasteiger partial charge in [0.05, 0.1) is 0 Å². The first kappa shape index (κ1) is 19.6. The van der Waals surface area contributed by atoms with Gasteiger partial charge in [-0.1, -0.05) is 18.6 Å². The maximum atomic E-state index is 11.6. The molecule has 5 nitrogen and oxygen atoms in total. The van der Waals surface area contributed by atoms with Gasteiger partial charge in [-0.2, -0.15) is 0 Å². The zero-order valence-corrected chi connectivity index (χ0v) is 17.3. The van der Waals surface area contributed by atoms with E-state index in [9.17, 15) is 4.79 Å². The lowest BCUT2D eigenvalue weighted by molar-refractivity contribution is 0.221. The van der Waals surface area contributed by atoms with Crippen LogP contribution in [0.3, 0.4) is 0 Å². The Bertz CT molecular complexity index is 1070. The van der Waals surface area contributed by atoms with Crippen molar-refractivity contribution in [2.75, 3.05) is 23.7 Å². The summed E-state index contributed by atoms with van der Waals surface area (Å²) < 4.78 is 5.30. The van der Waals surface area contributed by atoms with Gasteiger partial charge in [0.15, 0.2) is 5.11 Å². The minimum Gasteiger partial charge on any atom is -0.423 e. The average molecular weight is 408 g/mol. The molecule has 150 valence electrons. The van der Waals surface area contributed by atoms with Gasteiger partial charge in [-0.15, -0.1) is 0 Å². The molecule has 4 rings (SSSR count). The number of anilines is 2. The van der Waals surface area contributed by atoms with Crippen molar-refractivity contribution < 1.29 is 4.42 Å². The summed E-state index contributed by atoms with van der Waals surface area (Å²) in [5, 5.41) is 7.76. The predicted molar refractivity (Wildman–Crippen MR) is 123 cm³/mol. The molecule has 1 aliphatic rings. The summed E-state index contributed by atoms with van der Waals surface area (Å²) in [6.07, 6.45) is 3.96. The van der Waals surface area contributed by atoms with Gasteiger partial charge in [-0.05, 0) is 80.5 Å². The molecule has 0 amide bonds. The number of likely N-dealkylation sites (tertiary alicyclic amines) is 1. The van der Waals surface area contributed by atoms with E-state index < -0.39 is 0 Å². The van der Waals surface area contributed by atoms with Gasteiger partial charge in [0.1, 0.15) is 5.58 Å². The molecule has 3 aromatic rings. The lowest BCUT2D eigenvalue weighted by Crippen LogP contribution is -2.29. The second-order valence-corrected chi connectivity index (χ2v) is 7.98. The van der Waals surface area contributed by atoms with Crippen LogP contribution in [0.15, 0.2) is 57.7 Å². The molecule has 1 aliphatic heterocycles. The Hall–Kier alpha value is -2.70. The summed E-state index contributed by atoms with van der Waals surface area (Å²) in [6.45, 7) is 5.29. The first-order valence-electron chi connectivity index (χ1n) is 10.0. The normalized spacial score (nSPS) is 14.7. The van der Waals surface area contributed by atoms with Gasteiger partial charge in [0.2, 0.25) is 0 Å². The van der Waals surface area contributed by atoms with Gasteiger partial charge in [-0.3, -0.25) is 4.90 Å². The van der Waals surface area contributed by atoms with E-state index in [1.807, 2.05) is 19.1 Å². The van der Waals surface area contributed by atoms with Crippen LogP contribution >= 0.6 is 12.2 Å². The summed E-state index contributed by atoms with van der Waals surface area (Å²) in [4.78, 5) is 14.1. The standard InChI is InChI=1S/C23H25N3O2S/c1-16-13-22(27)28-21-14-19(9-10-20(16)21)25-23(29)24-18-7-5-17(6-8-18)15-26-11-3-2-4-12-26/h5-10,13-14H,2-4,11-12,15H2,1H3,(H2,24,25,29). The summed E-state index contributed by atoms with van der Waals surface area (Å²) in [5.41, 5.74) is 4.12. The van der Waals surface area contributed by atoms with Crippen LogP contribution in [-0.4, -0.2) is 23.1 Å². The van der Waals surface area contributed by atoms with Crippen LogP contribution in [0.25, 0.3) is 11.0 Å². The van der Waals surface area contributed by atoms with Crippen LogP contribution in [0, 0.1) is 6.92 Å². The molecule has 0 atom stereocenters. The zero-order chi connectivity index (χ0) is 20.2. The van der Waals surface area contributed by atoms with Crippen molar-refractivity contribution in [3.8, 4) is 0 Å². The Morgan fingerprint density at radius 1 is 1.00 bits per heavy atom. The van der Waals surface area contributed by atoms with Gasteiger partial charge in [-0.25, -0.2) is 4.79 Å². The molecule has 0 saturated carbocycles. The fourth-order valence-electron chi connectivity index (χ4n) is 3.77. The highest BCUT2D eigenvalue weighted by Crippen LogP contribution is 2.21. The molecule has 0 radical (unpaired) electrons. The van der Waals surface area contributed by atoms with E-state index in [1.165, 1.54) is 44.0 Å². The molecule has 2 N–H and O–H groups in total. The molecule has 0 bridgehead atoms. The third-order valence-electron chi connectivity index (χ3n) is 5.28. The second-order valence-electron chi connectivity index (χ2n) is 7.57. The Morgan fingerprint density at radius 2 is 1.69 bits per heavy atom. The lowest BCUT2D eigenvalue weighted by atomic mass is 10.1. The van der Waals surface area contributed by atoms with Gasteiger partial charge in [0, 0.05) is 35.4 Å². The Balaban J connectivity index is 1.38. The van der Waals surface area contributed by atoms with Crippen LogP contribution in [0.1, 0.15) is 30.4 Å². The fourth-order valence-corrected chi connectivity index (χ4v) is 4.00. The quantitative estimate of drug-likeness (QED) is 0.474. The molecule has 2 heterocycles. The average Bonchev–Trinajstić information content (AvgIpc) is 2.70. The number of fused-ring (bicyclic) bond motifs is 1. The zero-order valence-electron chi connectivity index (χ0n) is 16.5. The summed E-state index contributed by atoms with van der Waals surface area (Å²) in [5.74, 6) is 0. The van der Waals surface area contributed by atoms with E-state index in [0.29, 0.717) is 10.7 Å². The molecule has 29 heavy (non-hydrogen) atoms. The summed E-state index contributed by atoms with van der Waals surface area (Å²) in [7, 11) is 0. The number of nitrogens with zero attached hydrogens (tertiary/aromatic N) is 1. The summed E-state index contributed by atoms with van der Waals surface area (Å²) >= 11 is 5.43. The Kier molecular flexibility index (Phi) is 5.92. The van der Waals surface area contributed by atoms with E-state index >= 15 is 0 Å². The van der Waals surface area contributed by atoms with Crippen molar-refractivity contribution >= 4 is 39.7 Å². The number of piperidine rings is 1. The molecule has 1 aromatic heterocycles. The number of thiocarbonyl (C=S) groups is 1. The lowest BCUT2D eigenvalue weighted by Gasteiger charge is -2.26. The van der Waals surface area contributed by atoms with Gasteiger partial charge >= 0.3 is 5.63 Å². The highest BCUT2D eigenvalue weighted by Gasteiger charge is 2.10. The largest absolute Gasteiger partial charge is 0.423 e. The molecule has 0 spiro atoms. The maximum Gasteiger partial charge on any atom is 0.336 e. The Morgan fingerprint density at radius 3 is 2.45 bits per heavy atom. The third kappa shape index (κ3) is 5.02. The first-order valence-corrected chi connectivity index (χ1v) is 10.4. The molecule has 6 heteroatoms. The van der Waals surface area contributed by atoms with Crippen LogP contribution in [-0.2, 0) is 6.54 Å². The number of hydrogen-bond donors (Lipinski definition) is 2. The number of hydrogen-bond acceptors (Lipinski definition) is 4. The maximum absolute atomic E-state index is 11.6. The number of benzene rings is 2. The topological polar surface area (TPSA) is 57.5 Å². The monoisotopic (exact) mass is 407 g/mol. The van der Waals surface area contributed by atoms with Crippen LogP contribution in [0.5, 0.6) is 0 Å². The van der Waals surface area contributed by atoms with E-state index in [0.717, 1.165) is 28.9 Å². The highest BCUT2D eigenvalue weighted by atomic mass is 32.1. The smallest absolute Gasteiger partial charge is 0.336 e. The number of rotatable bonds is 4. The van der Waals surface area contributed by atoms with E-state index in [-0.39, 0.29) is 5.63 Å². The summed E-state index contributed by atoms with van der Waals surface area (Å²) in [6, 6.07) is 15.5. The molecule has 0 unspecified atom stereocenters. The van der Waals surface area contributed by atoms with E-state index in [1.54, 1.807) is 6.07 Å². The van der Waals surface area contributed by atoms with Gasteiger partial charge in [0.25, 0.3) is 0 Å². The predicted octanol–water partition coefficient (Wildman–Crippen LogP) is 4.90. The molecule has 0 aliphatic carbocycles. The van der Waals surface area contributed by atoms with Crippen molar-refractivity contribution in [2.24, 2.45) is 0 Å². The molecule has 1 fully saturated rings. The van der Waals surface area contributed by atoms with E-state index in [2.05, 4.69) is 39.8 Å². The Labute approximate surface area is 175 Å².